The van der Waals surface area contributed by atoms with Crippen molar-refractivity contribution in [2.24, 2.45) is 40.9 Å². The van der Waals surface area contributed by atoms with Gasteiger partial charge in [0.05, 0.1) is 12.2 Å². The Bertz CT molecular complexity index is 1290. The maximum atomic E-state index is 14.5. The van der Waals surface area contributed by atoms with Gasteiger partial charge in [0.25, 0.3) is 0 Å². The average Bonchev–Trinajstić information content (AvgIpc) is 3.62. The van der Waals surface area contributed by atoms with Crippen molar-refractivity contribution >= 4 is 34.9 Å². The first kappa shape index (κ1) is 38.2. The van der Waals surface area contributed by atoms with Crippen LogP contribution in [0.1, 0.15) is 124 Å². The van der Waals surface area contributed by atoms with E-state index in [4.69, 9.17) is 0 Å². The molecule has 47 heavy (non-hydrogen) atoms. The van der Waals surface area contributed by atoms with Gasteiger partial charge in [-0.05, 0) is 48.3 Å². The summed E-state index contributed by atoms with van der Waals surface area (Å²) in [7, 11) is 0. The highest BCUT2D eigenvalue weighted by atomic mass is 16.2. The first-order valence-corrected chi connectivity index (χ1v) is 17.6. The second-order valence-corrected chi connectivity index (χ2v) is 15.3. The second-order valence-electron chi connectivity index (χ2n) is 15.3. The molecule has 3 rings (SSSR count). The number of likely N-dealkylation sites (tertiary alicyclic amines) is 1. The molecule has 1 aromatic heterocycles. The van der Waals surface area contributed by atoms with Gasteiger partial charge in [-0.2, -0.15) is 0 Å². The monoisotopic (exact) mass is 652 g/mol. The van der Waals surface area contributed by atoms with Crippen LogP contribution in [-0.2, 0) is 24.0 Å². The Kier molecular flexibility index (Phi) is 13.5. The van der Waals surface area contributed by atoms with E-state index < -0.39 is 46.8 Å². The van der Waals surface area contributed by atoms with Crippen LogP contribution in [0.5, 0.6) is 0 Å². The summed E-state index contributed by atoms with van der Waals surface area (Å²) >= 11 is 0. The van der Waals surface area contributed by atoms with Crippen LogP contribution in [0.25, 0.3) is 0 Å². The smallest absolute Gasteiger partial charge is 0.246 e. The maximum absolute atomic E-state index is 14.5. The lowest BCUT2D eigenvalue weighted by Gasteiger charge is -2.37. The fourth-order valence-electron chi connectivity index (χ4n) is 7.21. The molecule has 2 heterocycles. The minimum absolute atomic E-state index is 0.0102. The lowest BCUT2D eigenvalue weighted by atomic mass is 9.82. The van der Waals surface area contributed by atoms with Gasteiger partial charge in [-0.15, -0.1) is 0 Å². The molecule has 2 amide bonds. The van der Waals surface area contributed by atoms with Crippen molar-refractivity contribution in [1.82, 2.24) is 20.2 Å². The van der Waals surface area contributed by atoms with Crippen molar-refractivity contribution in [2.45, 2.75) is 125 Å². The minimum atomic E-state index is -0.942. The van der Waals surface area contributed by atoms with Crippen molar-refractivity contribution in [3.63, 3.8) is 0 Å². The minimum Gasteiger partial charge on any atom is -0.344 e. The van der Waals surface area contributed by atoms with Gasteiger partial charge in [-0.25, -0.2) is 4.98 Å². The highest BCUT2D eigenvalue weighted by Crippen LogP contribution is 2.44. The van der Waals surface area contributed by atoms with E-state index in [1.165, 1.54) is 18.6 Å². The van der Waals surface area contributed by atoms with E-state index >= 15 is 0 Å². The number of carbonyl (C=O) groups is 6. The second kappa shape index (κ2) is 16.7. The zero-order chi connectivity index (χ0) is 35.1. The fourth-order valence-corrected chi connectivity index (χ4v) is 7.21. The number of nitrogens with one attached hydrogen (secondary N) is 1. The molecular weight excluding hydrogens is 596 g/mol. The molecular formula is C37H56N4O6. The molecule has 2 aliphatic rings. The van der Waals surface area contributed by atoms with Crippen LogP contribution in [0.2, 0.25) is 0 Å². The normalized spacial score (nSPS) is 21.9. The summed E-state index contributed by atoms with van der Waals surface area (Å²) in [6.45, 7) is 15.6. The van der Waals surface area contributed by atoms with Crippen LogP contribution < -0.4 is 5.32 Å². The first-order valence-electron chi connectivity index (χ1n) is 17.6. The number of amides is 2. The van der Waals surface area contributed by atoms with E-state index in [1.807, 2.05) is 55.4 Å². The van der Waals surface area contributed by atoms with Gasteiger partial charge in [0.15, 0.2) is 17.3 Å². The number of Topliss-reactive ketones (excluding diaryl/α,β-unsaturated/α-hetero) is 4. The quantitative estimate of drug-likeness (QED) is 0.173. The van der Waals surface area contributed by atoms with E-state index in [-0.39, 0.29) is 66.1 Å². The molecule has 1 aliphatic heterocycles. The van der Waals surface area contributed by atoms with Gasteiger partial charge >= 0.3 is 0 Å². The number of hydrogen-bond donors (Lipinski definition) is 1. The van der Waals surface area contributed by atoms with Gasteiger partial charge in [-0.3, -0.25) is 33.8 Å². The standard InChI is InChI=1S/C37H56N4O6/c1-9-12-24(33(45)31(44)17-23(5)10-2)18-30(43)32-26-14-11-13-25(26)21-41(32)36(47)34(37(6,7)8)40-35(46)27(22(3)4)19-29(42)28-20-38-15-16-39-28/h15-16,20,22-27,32,34H,9-14,17-19,21H2,1-8H3,(H,40,46)/t23-,24?,25+,26+,27-,32?,34-/m1/s1. The molecule has 0 aromatic carbocycles. The Balaban J connectivity index is 1.85. The van der Waals surface area contributed by atoms with Crippen LogP contribution in [0.3, 0.4) is 0 Å². The molecule has 260 valence electrons. The molecule has 1 aromatic rings. The molecule has 1 saturated heterocycles. The van der Waals surface area contributed by atoms with Crippen LogP contribution in [0, 0.1) is 40.9 Å². The Morgan fingerprint density at radius 1 is 0.979 bits per heavy atom. The van der Waals surface area contributed by atoms with Gasteiger partial charge in [0.1, 0.15) is 11.7 Å². The van der Waals surface area contributed by atoms with Crippen LogP contribution >= 0.6 is 0 Å². The fraction of sp³-hybridized carbons (Fsp3) is 0.730. The number of ketones is 4. The summed E-state index contributed by atoms with van der Waals surface area (Å²) in [5.74, 6) is -3.44. The van der Waals surface area contributed by atoms with Crippen LogP contribution in [0.4, 0.5) is 0 Å². The molecule has 0 radical (unpaired) electrons. The molecule has 1 N–H and O–H groups in total. The zero-order valence-corrected chi connectivity index (χ0v) is 29.7. The largest absolute Gasteiger partial charge is 0.344 e. The summed E-state index contributed by atoms with van der Waals surface area (Å²) < 4.78 is 0. The van der Waals surface area contributed by atoms with Gasteiger partial charge < -0.3 is 10.2 Å². The highest BCUT2D eigenvalue weighted by Gasteiger charge is 2.52. The topological polar surface area (TPSA) is 143 Å². The number of rotatable bonds is 17. The predicted octanol–water partition coefficient (Wildman–Crippen LogP) is 5.43. The van der Waals surface area contributed by atoms with E-state index in [2.05, 4.69) is 15.3 Å². The third kappa shape index (κ3) is 9.63. The number of aromatic nitrogens is 2. The van der Waals surface area contributed by atoms with Crippen molar-refractivity contribution in [1.29, 1.82) is 0 Å². The van der Waals surface area contributed by atoms with Gasteiger partial charge in [0.2, 0.25) is 17.6 Å². The molecule has 10 nitrogen and oxygen atoms in total. The molecule has 0 spiro atoms. The summed E-state index contributed by atoms with van der Waals surface area (Å²) in [5.41, 5.74) is -0.516. The number of nitrogens with zero attached hydrogens (tertiary/aromatic N) is 3. The van der Waals surface area contributed by atoms with E-state index in [9.17, 15) is 28.8 Å². The summed E-state index contributed by atoms with van der Waals surface area (Å²) in [6.07, 6.45) is 8.91. The zero-order valence-electron chi connectivity index (χ0n) is 29.7. The third-order valence-electron chi connectivity index (χ3n) is 10.3. The Morgan fingerprint density at radius 2 is 1.68 bits per heavy atom. The third-order valence-corrected chi connectivity index (χ3v) is 10.3. The van der Waals surface area contributed by atoms with E-state index in [0.717, 1.165) is 25.7 Å². The Labute approximate surface area is 280 Å². The van der Waals surface area contributed by atoms with Gasteiger partial charge in [-0.1, -0.05) is 74.7 Å². The van der Waals surface area contributed by atoms with Crippen molar-refractivity contribution in [3.05, 3.63) is 24.3 Å². The SMILES string of the molecule is CCCC(CC(=O)C1[C@H]2CCC[C@H]2CN1C(=O)[C@@H](NC(=O)[C@H](CC(=O)c1cnccn1)C(C)C)C(C)(C)C)C(=O)C(=O)C[C@H](C)CC. The summed E-state index contributed by atoms with van der Waals surface area (Å²) in [4.78, 5) is 91.2. The molecule has 7 atom stereocenters. The lowest BCUT2D eigenvalue weighted by molar-refractivity contribution is -0.146. The summed E-state index contributed by atoms with van der Waals surface area (Å²) in [6, 6.07) is -1.64. The Morgan fingerprint density at radius 3 is 2.26 bits per heavy atom. The van der Waals surface area contributed by atoms with Crippen molar-refractivity contribution < 1.29 is 28.8 Å². The number of fused-ring (bicyclic) bond motifs is 1. The molecule has 2 fully saturated rings. The molecule has 2 unspecified atom stereocenters. The van der Waals surface area contributed by atoms with Gasteiger partial charge in [0, 0.05) is 50.0 Å². The number of carbonyl (C=O) groups excluding carboxylic acids is 6. The average molecular weight is 653 g/mol. The molecule has 1 saturated carbocycles. The molecule has 0 bridgehead atoms. The lowest BCUT2D eigenvalue weighted by Crippen LogP contribution is -2.58. The van der Waals surface area contributed by atoms with Crippen molar-refractivity contribution in [2.75, 3.05) is 6.54 Å². The highest BCUT2D eigenvalue weighted by molar-refractivity contribution is 6.38. The first-order chi connectivity index (χ1) is 22.1. The number of hydrogen-bond acceptors (Lipinski definition) is 8. The van der Waals surface area contributed by atoms with Crippen LogP contribution in [0.15, 0.2) is 18.6 Å². The predicted molar refractivity (Wildman–Crippen MR) is 179 cm³/mol. The molecule has 10 heteroatoms. The Hall–Kier alpha value is -3.30. The van der Waals surface area contributed by atoms with E-state index in [0.29, 0.717) is 19.4 Å². The van der Waals surface area contributed by atoms with Crippen LogP contribution in [-0.4, -0.2) is 68.4 Å². The van der Waals surface area contributed by atoms with E-state index in [1.54, 1.807) is 4.90 Å². The molecule has 1 aliphatic carbocycles. The summed E-state index contributed by atoms with van der Waals surface area (Å²) in [5, 5.41) is 2.99. The maximum Gasteiger partial charge on any atom is 0.246 e. The van der Waals surface area contributed by atoms with Crippen molar-refractivity contribution in [3.8, 4) is 0 Å².